The van der Waals surface area contributed by atoms with Crippen LogP contribution in [0.25, 0.3) is 72.2 Å². The molecule has 0 N–H and O–H groups in total. The first-order chi connectivity index (χ1) is 24.2. The summed E-state index contributed by atoms with van der Waals surface area (Å²) in [5.41, 5.74) is 14.4. The lowest BCUT2D eigenvalue weighted by Gasteiger charge is -2.31. The first-order valence-electron chi connectivity index (χ1n) is 16.7. The van der Waals surface area contributed by atoms with Crippen LogP contribution in [0.4, 0.5) is 0 Å². The van der Waals surface area contributed by atoms with Gasteiger partial charge in [0.05, 0.1) is 16.6 Å². The number of fused-ring (bicyclic) bond motifs is 12. The Hall–Kier alpha value is -6.32. The molecule has 0 fully saturated rings. The fourth-order valence-electron chi connectivity index (χ4n) is 8.35. The quantitative estimate of drug-likeness (QED) is 0.196. The minimum absolute atomic E-state index is 0.597. The smallest absolute Gasteiger partial charge is 0.160 e. The summed E-state index contributed by atoms with van der Waals surface area (Å²) in [7, 11) is 0. The monoisotopic (exact) mass is 626 g/mol. The van der Waals surface area contributed by atoms with E-state index < -0.39 is 5.41 Å². The second kappa shape index (κ2) is 10.3. The summed E-state index contributed by atoms with van der Waals surface area (Å²) in [6, 6.07) is 47.1. The molecule has 0 bridgehead atoms. The molecule has 2 aromatic heterocycles. The van der Waals surface area contributed by atoms with Crippen LogP contribution < -0.4 is 0 Å². The van der Waals surface area contributed by atoms with Crippen LogP contribution in [0.15, 0.2) is 168 Å². The number of hydrogen-bond donors (Lipinski definition) is 0. The molecule has 230 valence electrons. The average molecular weight is 627 g/mol. The normalized spacial score (nSPS) is 17.2. The van der Waals surface area contributed by atoms with Crippen molar-refractivity contribution in [3.63, 3.8) is 0 Å². The maximum atomic E-state index is 6.66. The van der Waals surface area contributed by atoms with Gasteiger partial charge in [-0.25, -0.2) is 9.97 Å². The molecule has 10 rings (SSSR count). The summed E-state index contributed by atoms with van der Waals surface area (Å²) in [5, 5.41) is 3.26. The lowest BCUT2D eigenvalue weighted by atomic mass is 9.70. The average Bonchev–Trinajstić information content (AvgIpc) is 3.76. The van der Waals surface area contributed by atoms with Crippen LogP contribution >= 0.6 is 0 Å². The second-order valence-corrected chi connectivity index (χ2v) is 12.9. The van der Waals surface area contributed by atoms with Gasteiger partial charge in [0, 0.05) is 32.8 Å². The molecule has 49 heavy (non-hydrogen) atoms. The number of hydrogen-bond acceptors (Lipinski definition) is 3. The lowest BCUT2D eigenvalue weighted by molar-refractivity contribution is 0.666. The molecule has 8 aromatic rings. The lowest BCUT2D eigenvalue weighted by Crippen LogP contribution is -2.26. The predicted molar refractivity (Wildman–Crippen MR) is 201 cm³/mol. The molecule has 0 radical (unpaired) electrons. The fourth-order valence-corrected chi connectivity index (χ4v) is 8.35. The van der Waals surface area contributed by atoms with Crippen LogP contribution in [0.1, 0.15) is 29.2 Å². The molecular formula is C46H30N2O. The van der Waals surface area contributed by atoms with E-state index in [-0.39, 0.29) is 0 Å². The maximum Gasteiger partial charge on any atom is 0.160 e. The number of para-hydroxylation sites is 2. The van der Waals surface area contributed by atoms with Crippen molar-refractivity contribution in [3.05, 3.63) is 186 Å². The zero-order valence-electron chi connectivity index (χ0n) is 26.9. The standard InChI is InChI=1S/C46H30N2O/c1-3-4-19-36-28(2)42-38(26-25-34-33-17-10-13-22-41(33)49-44(34)42)46(36)37-20-11-8-16-31(37)32-24-23-30(27-39(32)46)45-47-40-21-12-9-18-35(40)43(48-45)29-14-6-5-7-15-29/h3-27H,2H2,1H3/b4-3-,36-19+. The number of rotatable bonds is 3. The Morgan fingerprint density at radius 1 is 0.633 bits per heavy atom. The van der Waals surface area contributed by atoms with E-state index in [9.17, 15) is 0 Å². The first-order valence-corrected chi connectivity index (χ1v) is 16.7. The van der Waals surface area contributed by atoms with Crippen LogP contribution in [-0.4, -0.2) is 9.97 Å². The third kappa shape index (κ3) is 3.73. The molecule has 2 heterocycles. The molecule has 3 heteroatoms. The van der Waals surface area contributed by atoms with Gasteiger partial charge in [-0.05, 0) is 64.1 Å². The van der Waals surface area contributed by atoms with Gasteiger partial charge >= 0.3 is 0 Å². The van der Waals surface area contributed by atoms with E-state index in [1.165, 1.54) is 27.8 Å². The van der Waals surface area contributed by atoms with Crippen molar-refractivity contribution < 1.29 is 4.42 Å². The van der Waals surface area contributed by atoms with Gasteiger partial charge in [-0.2, -0.15) is 0 Å². The minimum atomic E-state index is -0.597. The summed E-state index contributed by atoms with van der Waals surface area (Å²) >= 11 is 0. The van der Waals surface area contributed by atoms with Gasteiger partial charge in [0.1, 0.15) is 11.2 Å². The maximum absolute atomic E-state index is 6.66. The Morgan fingerprint density at radius 2 is 1.39 bits per heavy atom. The molecule has 0 amide bonds. The number of nitrogens with zero attached hydrogens (tertiary/aromatic N) is 2. The summed E-state index contributed by atoms with van der Waals surface area (Å²) in [5.74, 6) is 0.704. The van der Waals surface area contributed by atoms with Gasteiger partial charge in [0.25, 0.3) is 0 Å². The van der Waals surface area contributed by atoms with Gasteiger partial charge in [-0.3, -0.25) is 0 Å². The van der Waals surface area contributed by atoms with Gasteiger partial charge in [0.2, 0.25) is 0 Å². The highest BCUT2D eigenvalue weighted by molar-refractivity contribution is 6.13. The van der Waals surface area contributed by atoms with Crippen LogP contribution in [0.5, 0.6) is 0 Å². The highest BCUT2D eigenvalue weighted by atomic mass is 16.3. The van der Waals surface area contributed by atoms with Crippen LogP contribution in [0.2, 0.25) is 0 Å². The summed E-state index contributed by atoms with van der Waals surface area (Å²) < 4.78 is 6.66. The highest BCUT2D eigenvalue weighted by Crippen LogP contribution is 2.64. The van der Waals surface area contributed by atoms with E-state index >= 15 is 0 Å². The summed E-state index contributed by atoms with van der Waals surface area (Å²) in [4.78, 5) is 10.4. The number of allylic oxidation sites excluding steroid dienone is 5. The predicted octanol–water partition coefficient (Wildman–Crippen LogP) is 11.7. The van der Waals surface area contributed by atoms with Crippen molar-refractivity contribution in [3.8, 4) is 33.8 Å². The number of benzene rings is 6. The Balaban J connectivity index is 1.29. The molecular weight excluding hydrogens is 597 g/mol. The third-order valence-corrected chi connectivity index (χ3v) is 10.4. The second-order valence-electron chi connectivity index (χ2n) is 12.9. The van der Waals surface area contributed by atoms with Gasteiger partial charge in [-0.15, -0.1) is 0 Å². The molecule has 0 aliphatic heterocycles. The molecule has 1 unspecified atom stereocenters. The molecule has 0 saturated heterocycles. The van der Waals surface area contributed by atoms with Crippen LogP contribution in [0.3, 0.4) is 0 Å². The Bertz CT molecular complexity index is 2750. The Kier molecular flexibility index (Phi) is 5.86. The van der Waals surface area contributed by atoms with Crippen molar-refractivity contribution in [1.82, 2.24) is 9.97 Å². The van der Waals surface area contributed by atoms with Crippen molar-refractivity contribution in [2.24, 2.45) is 0 Å². The van der Waals surface area contributed by atoms with E-state index in [1.807, 2.05) is 24.3 Å². The van der Waals surface area contributed by atoms with Gasteiger partial charge in [0.15, 0.2) is 5.82 Å². The van der Waals surface area contributed by atoms with Crippen LogP contribution in [0, 0.1) is 0 Å². The van der Waals surface area contributed by atoms with Gasteiger partial charge < -0.3 is 4.42 Å². The molecule has 3 nitrogen and oxygen atoms in total. The highest BCUT2D eigenvalue weighted by Gasteiger charge is 2.54. The molecule has 2 aliphatic rings. The molecule has 6 aromatic carbocycles. The molecule has 2 aliphatic carbocycles. The first kappa shape index (κ1) is 27.8. The number of aromatic nitrogens is 2. The van der Waals surface area contributed by atoms with E-state index in [4.69, 9.17) is 21.0 Å². The van der Waals surface area contributed by atoms with Crippen molar-refractivity contribution in [2.45, 2.75) is 12.3 Å². The van der Waals surface area contributed by atoms with Crippen LogP contribution in [-0.2, 0) is 5.41 Å². The zero-order valence-corrected chi connectivity index (χ0v) is 26.9. The number of furan rings is 1. The molecule has 0 saturated carbocycles. The largest absolute Gasteiger partial charge is 0.455 e. The Morgan fingerprint density at radius 3 is 2.27 bits per heavy atom. The molecule has 1 atom stereocenters. The Labute approximate surface area is 284 Å². The van der Waals surface area contributed by atoms with E-state index in [0.29, 0.717) is 5.82 Å². The van der Waals surface area contributed by atoms with E-state index in [2.05, 4.69) is 134 Å². The SMILES string of the molecule is C=C1/C(=C\C=C/C)C2(c3ccccc3-c3ccc(-c4nc(-c5ccccc5)c5ccccc5n4)cc32)c2ccc3c(oc4ccccc43)c21. The summed E-state index contributed by atoms with van der Waals surface area (Å²) in [6.45, 7) is 6.85. The fraction of sp³-hybridized carbons (Fsp3) is 0.0435. The minimum Gasteiger partial charge on any atom is -0.455 e. The molecule has 1 spiro atoms. The van der Waals surface area contributed by atoms with E-state index in [1.54, 1.807) is 0 Å². The van der Waals surface area contributed by atoms with E-state index in [0.717, 1.165) is 66.4 Å². The van der Waals surface area contributed by atoms with Crippen molar-refractivity contribution >= 4 is 38.4 Å². The van der Waals surface area contributed by atoms with Crippen molar-refractivity contribution in [1.29, 1.82) is 0 Å². The van der Waals surface area contributed by atoms with Gasteiger partial charge in [-0.1, -0.05) is 140 Å². The topological polar surface area (TPSA) is 38.9 Å². The van der Waals surface area contributed by atoms with Crippen molar-refractivity contribution in [2.75, 3.05) is 0 Å². The zero-order chi connectivity index (χ0) is 32.7. The third-order valence-electron chi connectivity index (χ3n) is 10.4. The summed E-state index contributed by atoms with van der Waals surface area (Å²) in [6.07, 6.45) is 6.46.